The summed E-state index contributed by atoms with van der Waals surface area (Å²) in [5.41, 5.74) is 6.52. The maximum Gasteiger partial charge on any atom is 0.148 e. The molecule has 1 unspecified atom stereocenters. The number of nitrogens with one attached hydrogen (secondary N) is 2. The molecular weight excluding hydrogens is 262 g/mol. The van der Waals surface area contributed by atoms with Crippen molar-refractivity contribution in [3.05, 3.63) is 46.8 Å². The van der Waals surface area contributed by atoms with Crippen molar-refractivity contribution in [3.63, 3.8) is 0 Å². The van der Waals surface area contributed by atoms with Gasteiger partial charge in [0.15, 0.2) is 0 Å². The maximum absolute atomic E-state index is 5.53. The highest BCUT2D eigenvalue weighted by molar-refractivity contribution is 5.57. The molecule has 5 heteroatoms. The van der Waals surface area contributed by atoms with Gasteiger partial charge in [-0.3, -0.25) is 0 Å². The van der Waals surface area contributed by atoms with E-state index in [1.54, 1.807) is 0 Å². The molecule has 0 saturated heterocycles. The number of aromatic nitrogens is 2. The number of anilines is 2. The van der Waals surface area contributed by atoms with Gasteiger partial charge in [0.25, 0.3) is 0 Å². The number of fused-ring (bicyclic) bond motifs is 1. The van der Waals surface area contributed by atoms with Crippen LogP contribution in [0.4, 0.5) is 11.6 Å². The number of aryl methyl sites for hydroxylation is 1. The fraction of sp³-hybridized carbons (Fsp3) is 0.375. The zero-order valence-electron chi connectivity index (χ0n) is 12.5. The Kier molecular flexibility index (Phi) is 3.75. The molecule has 0 radical (unpaired) electrons. The molecule has 21 heavy (non-hydrogen) atoms. The van der Waals surface area contributed by atoms with Crippen molar-refractivity contribution >= 4 is 11.6 Å². The lowest BCUT2D eigenvalue weighted by atomic mass is 9.77. The fourth-order valence-electron chi connectivity index (χ4n) is 2.80. The van der Waals surface area contributed by atoms with Gasteiger partial charge in [-0.15, -0.1) is 0 Å². The first-order valence-corrected chi connectivity index (χ1v) is 7.38. The second-order valence-electron chi connectivity index (χ2n) is 5.44. The Morgan fingerprint density at radius 2 is 2.00 bits per heavy atom. The minimum atomic E-state index is 0.565. The Balaban J connectivity index is 1.74. The van der Waals surface area contributed by atoms with E-state index in [1.807, 2.05) is 13.8 Å². The van der Waals surface area contributed by atoms with Gasteiger partial charge in [-0.1, -0.05) is 31.2 Å². The number of nitrogens with zero attached hydrogens (tertiary/aromatic N) is 2. The van der Waals surface area contributed by atoms with Crippen LogP contribution < -0.4 is 16.6 Å². The van der Waals surface area contributed by atoms with E-state index < -0.39 is 0 Å². The van der Waals surface area contributed by atoms with Crippen LogP contribution in [0, 0.1) is 6.92 Å². The Hall–Kier alpha value is -2.14. The molecule has 0 fully saturated rings. The largest absolute Gasteiger partial charge is 0.369 e. The predicted octanol–water partition coefficient (Wildman–Crippen LogP) is 2.38. The van der Waals surface area contributed by atoms with E-state index >= 15 is 0 Å². The van der Waals surface area contributed by atoms with Crippen molar-refractivity contribution in [3.8, 4) is 0 Å². The quantitative estimate of drug-likeness (QED) is 0.580. The van der Waals surface area contributed by atoms with Gasteiger partial charge in [0.2, 0.25) is 0 Å². The number of hydrogen-bond acceptors (Lipinski definition) is 5. The fourth-order valence-corrected chi connectivity index (χ4v) is 2.80. The number of nitrogen functional groups attached to an aromatic ring is 1. The van der Waals surface area contributed by atoms with Gasteiger partial charge < -0.3 is 10.7 Å². The first-order valence-electron chi connectivity index (χ1n) is 7.38. The second kappa shape index (κ2) is 5.69. The summed E-state index contributed by atoms with van der Waals surface area (Å²) in [5, 5.41) is 3.46. The van der Waals surface area contributed by atoms with Crippen LogP contribution >= 0.6 is 0 Å². The molecule has 2 aromatic rings. The van der Waals surface area contributed by atoms with Crippen LogP contribution in [-0.2, 0) is 12.8 Å². The van der Waals surface area contributed by atoms with Crippen LogP contribution in [0.15, 0.2) is 24.3 Å². The maximum atomic E-state index is 5.53. The van der Waals surface area contributed by atoms with Gasteiger partial charge in [0.05, 0.1) is 0 Å². The van der Waals surface area contributed by atoms with Crippen LogP contribution in [0.3, 0.4) is 0 Å². The van der Waals surface area contributed by atoms with Crippen LogP contribution in [0.2, 0.25) is 0 Å². The summed E-state index contributed by atoms with van der Waals surface area (Å²) in [6.07, 6.45) is 1.92. The number of nitrogens with two attached hydrogens (primary N) is 1. The molecule has 1 aromatic heterocycles. The molecule has 1 aliphatic rings. The smallest absolute Gasteiger partial charge is 0.148 e. The zero-order valence-corrected chi connectivity index (χ0v) is 12.5. The van der Waals surface area contributed by atoms with Gasteiger partial charge in [0.1, 0.15) is 17.5 Å². The van der Waals surface area contributed by atoms with Crippen molar-refractivity contribution in [1.29, 1.82) is 0 Å². The molecule has 1 aliphatic carbocycles. The Bertz CT molecular complexity index is 653. The third-order valence-electron chi connectivity index (χ3n) is 4.12. The van der Waals surface area contributed by atoms with E-state index in [1.165, 1.54) is 11.1 Å². The number of hydrazine groups is 1. The van der Waals surface area contributed by atoms with Crippen LogP contribution in [0.1, 0.15) is 35.4 Å². The van der Waals surface area contributed by atoms with E-state index in [9.17, 15) is 0 Å². The van der Waals surface area contributed by atoms with Gasteiger partial charge in [-0.05, 0) is 24.5 Å². The van der Waals surface area contributed by atoms with Gasteiger partial charge in [-0.25, -0.2) is 15.8 Å². The van der Waals surface area contributed by atoms with Crippen molar-refractivity contribution in [2.75, 3.05) is 17.3 Å². The average Bonchev–Trinajstić information content (AvgIpc) is 2.49. The lowest BCUT2D eigenvalue weighted by molar-refractivity contribution is 0.634. The number of rotatable bonds is 5. The predicted molar refractivity (Wildman–Crippen MR) is 85.3 cm³/mol. The highest BCUT2D eigenvalue weighted by atomic mass is 15.3. The Labute approximate surface area is 125 Å². The molecule has 0 aliphatic heterocycles. The van der Waals surface area contributed by atoms with Gasteiger partial charge >= 0.3 is 0 Å². The molecule has 0 spiro atoms. The minimum Gasteiger partial charge on any atom is -0.369 e. The zero-order chi connectivity index (χ0) is 14.8. The van der Waals surface area contributed by atoms with Crippen LogP contribution in [-0.4, -0.2) is 16.5 Å². The van der Waals surface area contributed by atoms with Crippen LogP contribution in [0.25, 0.3) is 0 Å². The molecule has 4 N–H and O–H groups in total. The molecule has 0 bridgehead atoms. The molecule has 0 amide bonds. The normalized spacial score (nSPS) is 16.0. The van der Waals surface area contributed by atoms with E-state index in [0.29, 0.717) is 11.7 Å². The highest BCUT2D eigenvalue weighted by Crippen LogP contribution is 2.35. The summed E-state index contributed by atoms with van der Waals surface area (Å²) in [7, 11) is 0. The average molecular weight is 283 g/mol. The molecule has 110 valence electrons. The Morgan fingerprint density at radius 3 is 2.71 bits per heavy atom. The van der Waals surface area contributed by atoms with Crippen molar-refractivity contribution in [2.24, 2.45) is 5.84 Å². The molecular formula is C16H21N5. The highest BCUT2D eigenvalue weighted by Gasteiger charge is 2.25. The SMILES string of the molecule is CCc1nc(NN)c(C)c(NCC2Cc3ccccc32)n1. The standard InChI is InChI=1S/C16H21N5/c1-3-14-19-15(10(2)16(20-14)21-17)18-9-12-8-11-6-4-5-7-13(11)12/h4-7,12H,3,8-9,17H2,1-2H3,(H2,18,19,20,21). The summed E-state index contributed by atoms with van der Waals surface area (Å²) < 4.78 is 0. The molecule has 0 saturated carbocycles. The molecule has 1 atom stereocenters. The van der Waals surface area contributed by atoms with Gasteiger partial charge in [0, 0.05) is 24.4 Å². The molecule has 3 rings (SSSR count). The summed E-state index contributed by atoms with van der Waals surface area (Å²) in [6, 6.07) is 8.62. The summed E-state index contributed by atoms with van der Waals surface area (Å²) in [5.74, 6) is 8.46. The summed E-state index contributed by atoms with van der Waals surface area (Å²) >= 11 is 0. The monoisotopic (exact) mass is 283 g/mol. The van der Waals surface area contributed by atoms with E-state index in [2.05, 4.69) is 45.0 Å². The second-order valence-corrected chi connectivity index (χ2v) is 5.44. The topological polar surface area (TPSA) is 75.9 Å². The van der Waals surface area contributed by atoms with E-state index in [0.717, 1.165) is 36.6 Å². The molecule has 1 heterocycles. The molecule has 5 nitrogen and oxygen atoms in total. The minimum absolute atomic E-state index is 0.565. The lowest BCUT2D eigenvalue weighted by Crippen LogP contribution is -2.25. The van der Waals surface area contributed by atoms with Crippen molar-refractivity contribution in [2.45, 2.75) is 32.6 Å². The number of benzene rings is 1. The van der Waals surface area contributed by atoms with Crippen molar-refractivity contribution in [1.82, 2.24) is 9.97 Å². The van der Waals surface area contributed by atoms with Gasteiger partial charge in [-0.2, -0.15) is 0 Å². The van der Waals surface area contributed by atoms with E-state index in [4.69, 9.17) is 5.84 Å². The van der Waals surface area contributed by atoms with E-state index in [-0.39, 0.29) is 0 Å². The van der Waals surface area contributed by atoms with Crippen molar-refractivity contribution < 1.29 is 0 Å². The third kappa shape index (κ3) is 2.56. The Morgan fingerprint density at radius 1 is 1.24 bits per heavy atom. The third-order valence-corrected chi connectivity index (χ3v) is 4.12. The van der Waals surface area contributed by atoms with Crippen LogP contribution in [0.5, 0.6) is 0 Å². The molecule has 1 aromatic carbocycles. The summed E-state index contributed by atoms with van der Waals surface area (Å²) in [4.78, 5) is 8.95. The first kappa shape index (κ1) is 13.8. The number of hydrogen-bond donors (Lipinski definition) is 3. The lowest BCUT2D eigenvalue weighted by Gasteiger charge is -2.30. The first-order chi connectivity index (χ1) is 10.2. The summed E-state index contributed by atoms with van der Waals surface area (Å²) in [6.45, 7) is 4.91.